The van der Waals surface area contributed by atoms with Gasteiger partial charge in [0.15, 0.2) is 0 Å². The normalized spacial score (nSPS) is 19.2. The molecule has 0 bridgehead atoms. The molecule has 1 fully saturated rings. The van der Waals surface area contributed by atoms with Gasteiger partial charge in [-0.2, -0.15) is 0 Å². The van der Waals surface area contributed by atoms with Gasteiger partial charge in [0, 0.05) is 25.6 Å². The quantitative estimate of drug-likeness (QED) is 0.740. The Hall–Kier alpha value is -1.59. The van der Waals surface area contributed by atoms with Gasteiger partial charge in [-0.05, 0) is 26.7 Å². The molecule has 1 aliphatic rings. The van der Waals surface area contributed by atoms with Crippen molar-refractivity contribution >= 4 is 17.8 Å². The number of hydrogen-bond acceptors (Lipinski definition) is 3. The van der Waals surface area contributed by atoms with Crippen LogP contribution in [0.25, 0.3) is 0 Å². The van der Waals surface area contributed by atoms with Crippen molar-refractivity contribution in [1.29, 1.82) is 0 Å². The maximum atomic E-state index is 12.2. The Morgan fingerprint density at radius 1 is 1.38 bits per heavy atom. The SMILES string of the molecule is CCC(CC)(CNC(=O)C1CC(=O)N(C(C)C)C1)C(=O)O. The molecule has 6 heteroatoms. The number of likely N-dealkylation sites (tertiary alicyclic amines) is 1. The van der Waals surface area contributed by atoms with Gasteiger partial charge < -0.3 is 15.3 Å². The zero-order valence-electron chi connectivity index (χ0n) is 13.3. The minimum atomic E-state index is -0.921. The first-order valence-corrected chi connectivity index (χ1v) is 7.58. The van der Waals surface area contributed by atoms with E-state index in [9.17, 15) is 19.5 Å². The zero-order valence-corrected chi connectivity index (χ0v) is 13.3. The molecular weight excluding hydrogens is 272 g/mol. The third-order valence-electron chi connectivity index (χ3n) is 4.56. The molecule has 120 valence electrons. The molecule has 1 atom stereocenters. The summed E-state index contributed by atoms with van der Waals surface area (Å²) < 4.78 is 0. The summed E-state index contributed by atoms with van der Waals surface area (Å²) >= 11 is 0. The van der Waals surface area contributed by atoms with E-state index < -0.39 is 11.4 Å². The van der Waals surface area contributed by atoms with E-state index in [-0.39, 0.29) is 36.7 Å². The molecule has 0 aromatic rings. The predicted octanol–water partition coefficient (Wildman–Crippen LogP) is 1.25. The molecule has 0 spiro atoms. The average Bonchev–Trinajstić information content (AvgIpc) is 2.82. The number of rotatable bonds is 7. The highest BCUT2D eigenvalue weighted by Crippen LogP contribution is 2.26. The summed E-state index contributed by atoms with van der Waals surface area (Å²) in [6, 6.07) is 0.0830. The van der Waals surface area contributed by atoms with Gasteiger partial charge in [0.1, 0.15) is 0 Å². The van der Waals surface area contributed by atoms with Gasteiger partial charge in [-0.25, -0.2) is 0 Å². The second-order valence-electron chi connectivity index (χ2n) is 6.05. The van der Waals surface area contributed by atoms with Gasteiger partial charge in [-0.1, -0.05) is 13.8 Å². The molecule has 0 aromatic carbocycles. The monoisotopic (exact) mass is 298 g/mol. The van der Waals surface area contributed by atoms with Crippen LogP contribution in [-0.2, 0) is 14.4 Å². The summed E-state index contributed by atoms with van der Waals surface area (Å²) in [5.41, 5.74) is -0.921. The number of carboxylic acid groups (broad SMARTS) is 1. The number of aliphatic carboxylic acids is 1. The van der Waals surface area contributed by atoms with Crippen molar-refractivity contribution < 1.29 is 19.5 Å². The van der Waals surface area contributed by atoms with Crippen molar-refractivity contribution in [1.82, 2.24) is 10.2 Å². The molecule has 1 aliphatic heterocycles. The molecule has 1 saturated heterocycles. The second kappa shape index (κ2) is 6.91. The third kappa shape index (κ3) is 3.74. The number of amides is 2. The van der Waals surface area contributed by atoms with Crippen molar-refractivity contribution in [2.24, 2.45) is 11.3 Å². The van der Waals surface area contributed by atoms with Gasteiger partial charge in [-0.15, -0.1) is 0 Å². The topological polar surface area (TPSA) is 86.7 Å². The molecule has 6 nitrogen and oxygen atoms in total. The zero-order chi connectivity index (χ0) is 16.2. The van der Waals surface area contributed by atoms with Gasteiger partial charge in [0.25, 0.3) is 0 Å². The van der Waals surface area contributed by atoms with E-state index in [1.54, 1.807) is 4.90 Å². The lowest BCUT2D eigenvalue weighted by Crippen LogP contribution is -2.44. The van der Waals surface area contributed by atoms with Crippen molar-refractivity contribution in [3.05, 3.63) is 0 Å². The van der Waals surface area contributed by atoms with Crippen LogP contribution in [0.2, 0.25) is 0 Å². The van der Waals surface area contributed by atoms with E-state index in [4.69, 9.17) is 0 Å². The molecule has 0 saturated carbocycles. The van der Waals surface area contributed by atoms with Crippen LogP contribution in [-0.4, -0.2) is 46.9 Å². The minimum absolute atomic E-state index is 0.0133. The van der Waals surface area contributed by atoms with Crippen LogP contribution >= 0.6 is 0 Å². The van der Waals surface area contributed by atoms with Crippen molar-refractivity contribution in [2.75, 3.05) is 13.1 Å². The van der Waals surface area contributed by atoms with Gasteiger partial charge >= 0.3 is 5.97 Å². The number of carbonyl (C=O) groups is 3. The molecule has 0 aromatic heterocycles. The fraction of sp³-hybridized carbons (Fsp3) is 0.800. The number of nitrogens with zero attached hydrogens (tertiary/aromatic N) is 1. The largest absolute Gasteiger partial charge is 0.481 e. The van der Waals surface area contributed by atoms with Crippen LogP contribution in [0.3, 0.4) is 0 Å². The molecule has 0 aliphatic carbocycles. The number of carbonyl (C=O) groups excluding carboxylic acids is 2. The lowest BCUT2D eigenvalue weighted by atomic mass is 9.82. The Bertz CT molecular complexity index is 416. The van der Waals surface area contributed by atoms with E-state index in [0.717, 1.165) is 0 Å². The molecule has 21 heavy (non-hydrogen) atoms. The Labute approximate surface area is 125 Å². The summed E-state index contributed by atoms with van der Waals surface area (Å²) in [6.45, 7) is 7.98. The van der Waals surface area contributed by atoms with Gasteiger partial charge in [-0.3, -0.25) is 14.4 Å². The smallest absolute Gasteiger partial charge is 0.311 e. The standard InChI is InChI=1S/C15H26N2O4/c1-5-15(6-2,14(20)21)9-16-13(19)11-7-12(18)17(8-11)10(3)4/h10-11H,5-9H2,1-4H3,(H,16,19)(H,20,21). The average molecular weight is 298 g/mol. The summed E-state index contributed by atoms with van der Waals surface area (Å²) in [6.07, 6.45) is 1.13. The Balaban J connectivity index is 2.62. The molecule has 2 N–H and O–H groups in total. The van der Waals surface area contributed by atoms with E-state index in [0.29, 0.717) is 19.4 Å². The first-order valence-electron chi connectivity index (χ1n) is 7.58. The maximum absolute atomic E-state index is 12.2. The summed E-state index contributed by atoms with van der Waals surface area (Å²) in [4.78, 5) is 37.1. The van der Waals surface area contributed by atoms with E-state index in [2.05, 4.69) is 5.32 Å². The van der Waals surface area contributed by atoms with E-state index in [1.807, 2.05) is 27.7 Å². The van der Waals surface area contributed by atoms with Crippen LogP contribution in [0.4, 0.5) is 0 Å². The van der Waals surface area contributed by atoms with Crippen molar-refractivity contribution in [3.63, 3.8) is 0 Å². The molecule has 1 heterocycles. The number of hydrogen-bond donors (Lipinski definition) is 2. The summed E-state index contributed by atoms with van der Waals surface area (Å²) in [7, 11) is 0. The molecular formula is C15H26N2O4. The summed E-state index contributed by atoms with van der Waals surface area (Å²) in [5.74, 6) is -1.50. The van der Waals surface area contributed by atoms with Crippen LogP contribution in [0.5, 0.6) is 0 Å². The first-order chi connectivity index (χ1) is 9.77. The fourth-order valence-corrected chi connectivity index (χ4v) is 2.68. The van der Waals surface area contributed by atoms with Crippen molar-refractivity contribution in [3.8, 4) is 0 Å². The Kier molecular flexibility index (Phi) is 5.75. The first kappa shape index (κ1) is 17.5. The number of nitrogens with one attached hydrogen (secondary N) is 1. The van der Waals surface area contributed by atoms with Crippen LogP contribution in [0.1, 0.15) is 47.0 Å². The lowest BCUT2D eigenvalue weighted by Gasteiger charge is -2.27. The van der Waals surface area contributed by atoms with Gasteiger partial charge in [0.05, 0.1) is 11.3 Å². The summed E-state index contributed by atoms with van der Waals surface area (Å²) in [5, 5.41) is 12.1. The van der Waals surface area contributed by atoms with Gasteiger partial charge in [0.2, 0.25) is 11.8 Å². The van der Waals surface area contributed by atoms with Crippen molar-refractivity contribution in [2.45, 2.75) is 53.0 Å². The Morgan fingerprint density at radius 2 is 1.95 bits per heavy atom. The predicted molar refractivity (Wildman–Crippen MR) is 78.6 cm³/mol. The third-order valence-corrected chi connectivity index (χ3v) is 4.56. The lowest BCUT2D eigenvalue weighted by molar-refractivity contribution is -0.149. The van der Waals surface area contributed by atoms with E-state index >= 15 is 0 Å². The number of carboxylic acids is 1. The minimum Gasteiger partial charge on any atom is -0.481 e. The van der Waals surface area contributed by atoms with Crippen LogP contribution < -0.4 is 5.32 Å². The maximum Gasteiger partial charge on any atom is 0.311 e. The Morgan fingerprint density at radius 3 is 2.33 bits per heavy atom. The second-order valence-corrected chi connectivity index (χ2v) is 6.05. The molecule has 1 unspecified atom stereocenters. The highest BCUT2D eigenvalue weighted by molar-refractivity contribution is 5.89. The fourth-order valence-electron chi connectivity index (χ4n) is 2.68. The highest BCUT2D eigenvalue weighted by Gasteiger charge is 2.38. The molecule has 2 amide bonds. The molecule has 0 radical (unpaired) electrons. The van der Waals surface area contributed by atoms with Crippen LogP contribution in [0.15, 0.2) is 0 Å². The highest BCUT2D eigenvalue weighted by atomic mass is 16.4. The molecule has 1 rings (SSSR count). The van der Waals surface area contributed by atoms with E-state index in [1.165, 1.54) is 0 Å². The van der Waals surface area contributed by atoms with Crippen LogP contribution in [0, 0.1) is 11.3 Å².